The van der Waals surface area contributed by atoms with Crippen molar-refractivity contribution >= 4 is 22.8 Å². The smallest absolute Gasteiger partial charge is 0.257 e. The van der Waals surface area contributed by atoms with Gasteiger partial charge in [0.1, 0.15) is 29.3 Å². The van der Waals surface area contributed by atoms with E-state index in [1.165, 1.54) is 12.4 Å². The molecule has 0 saturated carbocycles. The molecular weight excluding hydrogens is 306 g/mol. The van der Waals surface area contributed by atoms with E-state index in [9.17, 15) is 13.6 Å². The average molecular weight is 318 g/mol. The number of fused-ring (bicyclic) bond motifs is 1. The van der Waals surface area contributed by atoms with E-state index in [4.69, 9.17) is 0 Å². The predicted molar refractivity (Wildman–Crippen MR) is 78.9 cm³/mol. The molecular formula is C14H12F2N6O. The molecule has 0 aliphatic heterocycles. The lowest BCUT2D eigenvalue weighted by Gasteiger charge is -2.08. The fourth-order valence-electron chi connectivity index (χ4n) is 2.07. The zero-order chi connectivity index (χ0) is 16.2. The normalized spacial score (nSPS) is 10.7. The summed E-state index contributed by atoms with van der Waals surface area (Å²) in [5.41, 5.74) is -0.00766. The van der Waals surface area contributed by atoms with E-state index < -0.39 is 23.1 Å². The van der Waals surface area contributed by atoms with Crippen molar-refractivity contribution in [3.63, 3.8) is 0 Å². The van der Waals surface area contributed by atoms with E-state index in [0.717, 1.165) is 12.1 Å². The maximum absolute atomic E-state index is 13.5. The summed E-state index contributed by atoms with van der Waals surface area (Å²) in [6.07, 6.45) is 2.95. The Balaban J connectivity index is 1.58. The SMILES string of the molecule is O=C(NCCNc1ncnc2[nH]ncc12)c1c(F)cccc1F. The number of hydrogen-bond acceptors (Lipinski definition) is 5. The fraction of sp³-hybridized carbons (Fsp3) is 0.143. The van der Waals surface area contributed by atoms with Crippen LogP contribution in [0.1, 0.15) is 10.4 Å². The number of halogens is 2. The van der Waals surface area contributed by atoms with Crippen molar-refractivity contribution in [3.05, 3.63) is 47.9 Å². The summed E-state index contributed by atoms with van der Waals surface area (Å²) in [6.45, 7) is 0.481. The summed E-state index contributed by atoms with van der Waals surface area (Å²) >= 11 is 0. The van der Waals surface area contributed by atoms with Gasteiger partial charge in [0.25, 0.3) is 5.91 Å². The monoisotopic (exact) mass is 318 g/mol. The Morgan fingerprint density at radius 2 is 1.96 bits per heavy atom. The highest BCUT2D eigenvalue weighted by atomic mass is 19.1. The van der Waals surface area contributed by atoms with Gasteiger partial charge >= 0.3 is 0 Å². The van der Waals surface area contributed by atoms with Crippen LogP contribution in [0.25, 0.3) is 11.0 Å². The van der Waals surface area contributed by atoms with Crippen molar-refractivity contribution < 1.29 is 13.6 Å². The lowest BCUT2D eigenvalue weighted by molar-refractivity contribution is 0.0946. The molecule has 0 aliphatic carbocycles. The summed E-state index contributed by atoms with van der Waals surface area (Å²) in [5.74, 6) is -2.05. The molecule has 0 unspecified atom stereocenters. The van der Waals surface area contributed by atoms with E-state index in [-0.39, 0.29) is 6.54 Å². The Labute approximate surface area is 129 Å². The number of hydrogen-bond donors (Lipinski definition) is 3. The third-order valence-corrected chi connectivity index (χ3v) is 3.14. The maximum Gasteiger partial charge on any atom is 0.257 e. The van der Waals surface area contributed by atoms with Crippen LogP contribution in [0, 0.1) is 11.6 Å². The molecule has 0 fully saturated rings. The molecule has 1 amide bonds. The van der Waals surface area contributed by atoms with Gasteiger partial charge in [-0.3, -0.25) is 9.89 Å². The fourth-order valence-corrected chi connectivity index (χ4v) is 2.07. The molecule has 0 aliphatic rings. The Morgan fingerprint density at radius 1 is 1.17 bits per heavy atom. The predicted octanol–water partition coefficient (Wildman–Crippen LogP) is 1.47. The molecule has 0 radical (unpaired) electrons. The Morgan fingerprint density at radius 3 is 2.74 bits per heavy atom. The van der Waals surface area contributed by atoms with Crippen LogP contribution in [0.5, 0.6) is 0 Å². The summed E-state index contributed by atoms with van der Waals surface area (Å²) in [4.78, 5) is 19.9. The summed E-state index contributed by atoms with van der Waals surface area (Å²) < 4.78 is 26.9. The summed E-state index contributed by atoms with van der Waals surface area (Å²) in [7, 11) is 0. The molecule has 118 valence electrons. The average Bonchev–Trinajstić information content (AvgIpc) is 3.00. The van der Waals surface area contributed by atoms with Gasteiger partial charge in [-0.2, -0.15) is 5.10 Å². The molecule has 9 heteroatoms. The number of nitrogens with zero attached hydrogens (tertiary/aromatic N) is 3. The number of aromatic amines is 1. The molecule has 0 saturated heterocycles. The topological polar surface area (TPSA) is 95.6 Å². The third-order valence-electron chi connectivity index (χ3n) is 3.14. The van der Waals surface area contributed by atoms with Gasteiger partial charge in [0.15, 0.2) is 5.65 Å². The Kier molecular flexibility index (Phi) is 4.09. The van der Waals surface area contributed by atoms with Crippen LogP contribution in [0.2, 0.25) is 0 Å². The Bertz CT molecular complexity index is 830. The number of rotatable bonds is 5. The van der Waals surface area contributed by atoms with Crippen LogP contribution in [0.15, 0.2) is 30.7 Å². The minimum Gasteiger partial charge on any atom is -0.368 e. The molecule has 0 spiro atoms. The van der Waals surface area contributed by atoms with Gasteiger partial charge in [0.05, 0.1) is 11.6 Å². The van der Waals surface area contributed by atoms with E-state index in [1.54, 1.807) is 6.20 Å². The highest BCUT2D eigenvalue weighted by Crippen LogP contribution is 2.15. The van der Waals surface area contributed by atoms with Gasteiger partial charge < -0.3 is 10.6 Å². The number of carbonyl (C=O) groups is 1. The second kappa shape index (κ2) is 6.34. The zero-order valence-electron chi connectivity index (χ0n) is 11.8. The second-order valence-electron chi connectivity index (χ2n) is 4.63. The first-order valence-corrected chi connectivity index (χ1v) is 6.77. The maximum atomic E-state index is 13.5. The summed E-state index contributed by atoms with van der Waals surface area (Å²) in [5, 5.41) is 12.7. The number of carbonyl (C=O) groups excluding carboxylic acids is 1. The molecule has 0 atom stereocenters. The van der Waals surface area contributed by atoms with Gasteiger partial charge in [-0.05, 0) is 12.1 Å². The number of aromatic nitrogens is 4. The minimum absolute atomic E-state index is 0.163. The van der Waals surface area contributed by atoms with Gasteiger partial charge in [-0.15, -0.1) is 0 Å². The second-order valence-corrected chi connectivity index (χ2v) is 4.63. The Hall–Kier alpha value is -3.10. The highest BCUT2D eigenvalue weighted by molar-refractivity contribution is 5.94. The summed E-state index contributed by atoms with van der Waals surface area (Å²) in [6, 6.07) is 3.27. The zero-order valence-corrected chi connectivity index (χ0v) is 11.8. The van der Waals surface area contributed by atoms with E-state index in [2.05, 4.69) is 30.8 Å². The molecule has 3 N–H and O–H groups in total. The van der Waals surface area contributed by atoms with E-state index in [1.807, 2.05) is 0 Å². The van der Waals surface area contributed by atoms with Crippen LogP contribution in [-0.2, 0) is 0 Å². The lowest BCUT2D eigenvalue weighted by Crippen LogP contribution is -2.30. The molecule has 0 bridgehead atoms. The molecule has 23 heavy (non-hydrogen) atoms. The van der Waals surface area contributed by atoms with Crippen molar-refractivity contribution in [2.75, 3.05) is 18.4 Å². The van der Waals surface area contributed by atoms with Crippen LogP contribution in [0.4, 0.5) is 14.6 Å². The van der Waals surface area contributed by atoms with Crippen molar-refractivity contribution in [1.82, 2.24) is 25.5 Å². The van der Waals surface area contributed by atoms with Gasteiger partial charge in [-0.1, -0.05) is 6.07 Å². The van der Waals surface area contributed by atoms with Crippen molar-refractivity contribution in [2.45, 2.75) is 0 Å². The van der Waals surface area contributed by atoms with E-state index in [0.29, 0.717) is 23.4 Å². The molecule has 1 aromatic carbocycles. The third kappa shape index (κ3) is 3.07. The standard InChI is InChI=1S/C14H12F2N6O/c15-9-2-1-3-10(16)11(9)14(23)18-5-4-17-12-8-6-21-22-13(8)20-7-19-12/h1-3,6-7H,4-5H2,(H,18,23)(H2,17,19,20,21,22). The van der Waals surface area contributed by atoms with E-state index >= 15 is 0 Å². The molecule has 2 heterocycles. The van der Waals surface area contributed by atoms with Crippen LogP contribution >= 0.6 is 0 Å². The molecule has 3 aromatic rings. The largest absolute Gasteiger partial charge is 0.368 e. The number of amides is 1. The lowest BCUT2D eigenvalue weighted by atomic mass is 10.2. The van der Waals surface area contributed by atoms with Crippen molar-refractivity contribution in [1.29, 1.82) is 0 Å². The number of H-pyrrole nitrogens is 1. The van der Waals surface area contributed by atoms with Crippen LogP contribution in [-0.4, -0.2) is 39.2 Å². The molecule has 7 nitrogen and oxygen atoms in total. The van der Waals surface area contributed by atoms with Crippen molar-refractivity contribution in [3.8, 4) is 0 Å². The van der Waals surface area contributed by atoms with Gasteiger partial charge in [0, 0.05) is 13.1 Å². The first kappa shape index (κ1) is 14.8. The minimum atomic E-state index is -0.897. The quantitative estimate of drug-likeness (QED) is 0.619. The van der Waals surface area contributed by atoms with Gasteiger partial charge in [-0.25, -0.2) is 18.7 Å². The molecule has 3 rings (SSSR count). The van der Waals surface area contributed by atoms with Crippen molar-refractivity contribution in [2.24, 2.45) is 0 Å². The van der Waals surface area contributed by atoms with Crippen LogP contribution in [0.3, 0.4) is 0 Å². The first-order valence-electron chi connectivity index (χ1n) is 6.77. The highest BCUT2D eigenvalue weighted by Gasteiger charge is 2.16. The first-order chi connectivity index (χ1) is 11.2. The number of anilines is 1. The number of nitrogens with one attached hydrogen (secondary N) is 3. The van der Waals surface area contributed by atoms with Gasteiger partial charge in [0.2, 0.25) is 0 Å². The van der Waals surface area contributed by atoms with Crippen LogP contribution < -0.4 is 10.6 Å². The number of benzene rings is 1. The molecule has 2 aromatic heterocycles.